The molecule has 1 heterocycles. The van der Waals surface area contributed by atoms with Crippen molar-refractivity contribution in [3.05, 3.63) is 249 Å². The van der Waals surface area contributed by atoms with E-state index < -0.39 is 0 Å². The molecule has 12 rings (SSSR count). The summed E-state index contributed by atoms with van der Waals surface area (Å²) in [7, 11) is 0. The molecule has 0 aliphatic carbocycles. The van der Waals surface area contributed by atoms with Gasteiger partial charge in [0.2, 0.25) is 0 Å². The first kappa shape index (κ1) is 37.3. The quantitative estimate of drug-likeness (QED) is 0.152. The standard InChI is InChI=1S/C62H41NO/c1-3-19-49-44(15-1)17-13-26-50(49)46-33-31-42(32-34-46)43-35-38-48(39-36-43)63(59-28-10-7-21-52(59)47-37-40-62-58(41-47)57-25-9-12-30-61(57)64-62)60-29-11-8-24-56(60)55-23-6-5-22-54(55)53-27-14-18-45-16-2-4-20-51(45)53/h1-41H. The molecule has 1 aromatic heterocycles. The number of para-hydroxylation sites is 3. The molecule has 0 bridgehead atoms. The summed E-state index contributed by atoms with van der Waals surface area (Å²) in [5, 5.41) is 7.20. The van der Waals surface area contributed by atoms with Gasteiger partial charge in [0.1, 0.15) is 11.2 Å². The SMILES string of the molecule is c1ccc(-c2cccc3ccccc23)c(-c2ccccc2N(c2ccc(-c3ccc(-c4cccc5ccccc45)cc3)cc2)c2ccccc2-c2ccc3oc4ccccc4c3c2)c1. The zero-order chi connectivity index (χ0) is 42.4. The van der Waals surface area contributed by atoms with Crippen molar-refractivity contribution in [2.24, 2.45) is 0 Å². The number of hydrogen-bond acceptors (Lipinski definition) is 2. The number of nitrogens with zero attached hydrogens (tertiary/aromatic N) is 1. The minimum Gasteiger partial charge on any atom is -0.456 e. The average Bonchev–Trinajstić information content (AvgIpc) is 3.75. The molecule has 0 fully saturated rings. The van der Waals surface area contributed by atoms with E-state index in [0.717, 1.165) is 61.3 Å². The summed E-state index contributed by atoms with van der Waals surface area (Å²) in [6.07, 6.45) is 0. The van der Waals surface area contributed by atoms with Crippen LogP contribution in [-0.2, 0) is 0 Å². The molecule has 0 unspecified atom stereocenters. The van der Waals surface area contributed by atoms with E-state index in [2.05, 4.69) is 241 Å². The number of anilines is 3. The maximum absolute atomic E-state index is 6.28. The maximum atomic E-state index is 6.28. The summed E-state index contributed by atoms with van der Waals surface area (Å²) in [6, 6.07) is 89.8. The molecule has 0 N–H and O–H groups in total. The second-order valence-electron chi connectivity index (χ2n) is 16.4. The minimum absolute atomic E-state index is 0.885. The van der Waals surface area contributed by atoms with E-state index in [1.807, 2.05) is 12.1 Å². The van der Waals surface area contributed by atoms with Gasteiger partial charge in [-0.3, -0.25) is 0 Å². The largest absolute Gasteiger partial charge is 0.456 e. The highest BCUT2D eigenvalue weighted by atomic mass is 16.3. The molecule has 64 heavy (non-hydrogen) atoms. The topological polar surface area (TPSA) is 16.4 Å². The third-order valence-electron chi connectivity index (χ3n) is 12.7. The summed E-state index contributed by atoms with van der Waals surface area (Å²) >= 11 is 0. The van der Waals surface area contributed by atoms with Gasteiger partial charge in [0, 0.05) is 27.6 Å². The summed E-state index contributed by atoms with van der Waals surface area (Å²) in [5.41, 5.74) is 16.8. The second kappa shape index (κ2) is 15.8. The van der Waals surface area contributed by atoms with Crippen LogP contribution in [0.3, 0.4) is 0 Å². The van der Waals surface area contributed by atoms with Gasteiger partial charge in [-0.15, -0.1) is 0 Å². The first-order valence-corrected chi connectivity index (χ1v) is 21.9. The van der Waals surface area contributed by atoms with Crippen LogP contribution in [0.25, 0.3) is 99.1 Å². The van der Waals surface area contributed by atoms with Gasteiger partial charge in [0.25, 0.3) is 0 Å². The fourth-order valence-corrected chi connectivity index (χ4v) is 9.65. The maximum Gasteiger partial charge on any atom is 0.135 e. The van der Waals surface area contributed by atoms with Gasteiger partial charge < -0.3 is 9.32 Å². The van der Waals surface area contributed by atoms with E-state index in [0.29, 0.717) is 0 Å². The van der Waals surface area contributed by atoms with Crippen molar-refractivity contribution in [1.82, 2.24) is 0 Å². The number of hydrogen-bond donors (Lipinski definition) is 0. The normalized spacial score (nSPS) is 11.4. The summed E-state index contributed by atoms with van der Waals surface area (Å²) in [5.74, 6) is 0. The Morgan fingerprint density at radius 1 is 0.250 bits per heavy atom. The lowest BCUT2D eigenvalue weighted by atomic mass is 9.90. The van der Waals surface area contributed by atoms with Crippen LogP contribution >= 0.6 is 0 Å². The molecule has 0 atom stereocenters. The Morgan fingerprint density at radius 3 is 1.39 bits per heavy atom. The Bertz CT molecular complexity index is 3660. The van der Waals surface area contributed by atoms with Crippen LogP contribution < -0.4 is 4.90 Å². The molecule has 0 aliphatic heterocycles. The third kappa shape index (κ3) is 6.52. The summed E-state index contributed by atoms with van der Waals surface area (Å²) in [4.78, 5) is 2.44. The van der Waals surface area contributed by atoms with E-state index in [9.17, 15) is 0 Å². The first-order valence-electron chi connectivity index (χ1n) is 21.9. The molecule has 2 nitrogen and oxygen atoms in total. The fraction of sp³-hybridized carbons (Fsp3) is 0. The molecule has 0 aliphatic rings. The van der Waals surface area contributed by atoms with Gasteiger partial charge in [0.15, 0.2) is 0 Å². The Morgan fingerprint density at radius 2 is 0.688 bits per heavy atom. The van der Waals surface area contributed by atoms with Crippen molar-refractivity contribution in [1.29, 1.82) is 0 Å². The van der Waals surface area contributed by atoms with Gasteiger partial charge in [-0.05, 0) is 109 Å². The van der Waals surface area contributed by atoms with Crippen LogP contribution in [-0.4, -0.2) is 0 Å². The van der Waals surface area contributed by atoms with Crippen LogP contribution in [0.2, 0.25) is 0 Å². The third-order valence-corrected chi connectivity index (χ3v) is 12.7. The molecule has 0 radical (unpaired) electrons. The van der Waals surface area contributed by atoms with Gasteiger partial charge >= 0.3 is 0 Å². The van der Waals surface area contributed by atoms with E-state index in [1.54, 1.807) is 0 Å². The van der Waals surface area contributed by atoms with Gasteiger partial charge in [0.05, 0.1) is 11.4 Å². The molecule has 300 valence electrons. The van der Waals surface area contributed by atoms with Crippen molar-refractivity contribution >= 4 is 60.5 Å². The monoisotopic (exact) mass is 815 g/mol. The predicted octanol–water partition coefficient (Wildman–Crippen LogP) is 17.7. The van der Waals surface area contributed by atoms with Crippen LogP contribution in [0.4, 0.5) is 17.1 Å². The lowest BCUT2D eigenvalue weighted by molar-refractivity contribution is 0.669. The van der Waals surface area contributed by atoms with Crippen LogP contribution in [0, 0.1) is 0 Å². The molecule has 0 saturated carbocycles. The van der Waals surface area contributed by atoms with Crippen molar-refractivity contribution in [3.63, 3.8) is 0 Å². The van der Waals surface area contributed by atoms with Gasteiger partial charge in [-0.1, -0.05) is 206 Å². The fourth-order valence-electron chi connectivity index (χ4n) is 9.65. The van der Waals surface area contributed by atoms with E-state index in [4.69, 9.17) is 4.42 Å². The molecular formula is C62H41NO. The van der Waals surface area contributed by atoms with Crippen molar-refractivity contribution < 1.29 is 4.42 Å². The Labute approximate surface area is 372 Å². The first-order chi connectivity index (χ1) is 31.7. The van der Waals surface area contributed by atoms with E-state index in [-0.39, 0.29) is 0 Å². The van der Waals surface area contributed by atoms with Crippen LogP contribution in [0.15, 0.2) is 253 Å². The molecule has 0 saturated heterocycles. The van der Waals surface area contributed by atoms with Crippen LogP contribution in [0.1, 0.15) is 0 Å². The lowest BCUT2D eigenvalue weighted by Gasteiger charge is -2.30. The number of furan rings is 1. The number of benzene rings is 11. The Balaban J connectivity index is 1.01. The Hall–Kier alpha value is -8.46. The van der Waals surface area contributed by atoms with Gasteiger partial charge in [-0.2, -0.15) is 0 Å². The Kier molecular flexibility index (Phi) is 9.20. The minimum atomic E-state index is 0.885. The average molecular weight is 816 g/mol. The number of fused-ring (bicyclic) bond motifs is 5. The molecule has 11 aromatic carbocycles. The van der Waals surface area contributed by atoms with E-state index in [1.165, 1.54) is 54.9 Å². The van der Waals surface area contributed by atoms with E-state index >= 15 is 0 Å². The lowest BCUT2D eigenvalue weighted by Crippen LogP contribution is -2.12. The molecule has 2 heteroatoms. The summed E-state index contributed by atoms with van der Waals surface area (Å²) in [6.45, 7) is 0. The van der Waals surface area contributed by atoms with Crippen molar-refractivity contribution in [2.75, 3.05) is 4.90 Å². The zero-order valence-electron chi connectivity index (χ0n) is 35.0. The second-order valence-corrected chi connectivity index (χ2v) is 16.4. The zero-order valence-corrected chi connectivity index (χ0v) is 35.0. The van der Waals surface area contributed by atoms with Gasteiger partial charge in [-0.25, -0.2) is 0 Å². The molecule has 0 spiro atoms. The highest BCUT2D eigenvalue weighted by molar-refractivity contribution is 6.08. The van der Waals surface area contributed by atoms with Crippen LogP contribution in [0.5, 0.6) is 0 Å². The predicted molar refractivity (Wildman–Crippen MR) is 271 cm³/mol. The van der Waals surface area contributed by atoms with Crippen molar-refractivity contribution in [3.8, 4) is 55.6 Å². The molecule has 0 amide bonds. The molecular weight excluding hydrogens is 775 g/mol. The summed E-state index contributed by atoms with van der Waals surface area (Å²) < 4.78 is 6.28. The number of rotatable bonds is 8. The molecule has 12 aromatic rings. The van der Waals surface area contributed by atoms with Crippen molar-refractivity contribution in [2.45, 2.75) is 0 Å². The smallest absolute Gasteiger partial charge is 0.135 e. The highest BCUT2D eigenvalue weighted by Gasteiger charge is 2.23. The highest BCUT2D eigenvalue weighted by Crippen LogP contribution is 2.48.